The Hall–Kier alpha value is -1.63. The number of halogens is 3. The number of hydrogen-bond donors (Lipinski definition) is 1. The van der Waals surface area contributed by atoms with E-state index < -0.39 is 0 Å². The minimum absolute atomic E-state index is 0. The minimum atomic E-state index is -0.333. The first-order valence-electron chi connectivity index (χ1n) is 9.25. The fourth-order valence-corrected chi connectivity index (χ4v) is 3.72. The molecule has 1 unspecified atom stereocenters. The number of carbonyl (C=O) groups excluding carboxylic acids is 1. The van der Waals surface area contributed by atoms with E-state index in [0.29, 0.717) is 12.3 Å². The first kappa shape index (κ1) is 24.4. The van der Waals surface area contributed by atoms with Crippen molar-refractivity contribution in [1.82, 2.24) is 20.0 Å². The van der Waals surface area contributed by atoms with Gasteiger partial charge in [0.2, 0.25) is 5.91 Å². The molecule has 2 heterocycles. The van der Waals surface area contributed by atoms with Crippen LogP contribution in [0, 0.1) is 11.7 Å². The van der Waals surface area contributed by atoms with Crippen LogP contribution in [0.3, 0.4) is 0 Å². The number of aromatic nitrogens is 2. The van der Waals surface area contributed by atoms with Crippen LogP contribution in [0.1, 0.15) is 42.9 Å². The maximum atomic E-state index is 13.8. The quantitative estimate of drug-likeness (QED) is 0.759. The Morgan fingerprint density at radius 3 is 2.64 bits per heavy atom. The Kier molecular flexibility index (Phi) is 9.93. The van der Waals surface area contributed by atoms with E-state index in [2.05, 4.69) is 10.4 Å². The molecule has 0 spiro atoms. The second kappa shape index (κ2) is 11.4. The Balaban J connectivity index is 0.00000196. The zero-order chi connectivity index (χ0) is 18.5. The second-order valence-corrected chi connectivity index (χ2v) is 7.14. The Bertz CT molecular complexity index is 749. The maximum Gasteiger partial charge on any atom is 0.223 e. The van der Waals surface area contributed by atoms with Gasteiger partial charge in [-0.1, -0.05) is 12.1 Å². The highest BCUT2D eigenvalue weighted by atomic mass is 35.5. The van der Waals surface area contributed by atoms with Crippen LogP contribution in [0.4, 0.5) is 4.39 Å². The molecule has 1 aromatic carbocycles. The monoisotopic (exact) mass is 430 g/mol. The molecule has 28 heavy (non-hydrogen) atoms. The fraction of sp³-hybridized carbons (Fsp3) is 0.500. The molecule has 1 fully saturated rings. The van der Waals surface area contributed by atoms with E-state index in [-0.39, 0.29) is 42.6 Å². The van der Waals surface area contributed by atoms with Crippen LogP contribution in [-0.4, -0.2) is 40.7 Å². The molecule has 2 aromatic rings. The van der Waals surface area contributed by atoms with Crippen LogP contribution < -0.4 is 5.32 Å². The average Bonchev–Trinajstić information content (AvgIpc) is 3.06. The lowest BCUT2D eigenvalue weighted by Gasteiger charge is -2.29. The standard InChI is InChI=1S/C20H27FN4O.2ClH/c1-24-14-17(13-23-24)20(16-4-3-5-18(21)12-16)25(2)19(26)7-6-15-8-10-22-11-9-15;;/h3-5,12-15,20,22H,6-11H2,1-2H3;2*1H. The van der Waals surface area contributed by atoms with E-state index in [4.69, 9.17) is 0 Å². The van der Waals surface area contributed by atoms with Crippen LogP contribution in [-0.2, 0) is 11.8 Å². The van der Waals surface area contributed by atoms with Crippen molar-refractivity contribution in [2.24, 2.45) is 13.0 Å². The molecule has 3 rings (SSSR count). The van der Waals surface area contributed by atoms with Gasteiger partial charge >= 0.3 is 0 Å². The highest BCUT2D eigenvalue weighted by Crippen LogP contribution is 2.29. The SMILES string of the molecule is CN(C(=O)CCC1CCNCC1)C(c1cccc(F)c1)c1cnn(C)c1.Cl.Cl. The molecule has 156 valence electrons. The van der Waals surface area contributed by atoms with Gasteiger partial charge in [-0.2, -0.15) is 5.10 Å². The van der Waals surface area contributed by atoms with Crippen LogP contribution in [0.25, 0.3) is 0 Å². The van der Waals surface area contributed by atoms with Crippen molar-refractivity contribution >= 4 is 30.7 Å². The molecule has 1 saturated heterocycles. The maximum absolute atomic E-state index is 13.8. The molecule has 1 aliphatic rings. The summed E-state index contributed by atoms with van der Waals surface area (Å²) in [6, 6.07) is 6.12. The number of hydrogen-bond acceptors (Lipinski definition) is 3. The van der Waals surface area contributed by atoms with Gasteiger partial charge in [-0.3, -0.25) is 9.48 Å². The molecular weight excluding hydrogens is 402 g/mol. The number of amides is 1. The number of nitrogens with zero attached hydrogens (tertiary/aromatic N) is 3. The van der Waals surface area contributed by atoms with Gasteiger partial charge in [0, 0.05) is 32.3 Å². The van der Waals surface area contributed by atoms with Gasteiger partial charge in [0.05, 0.1) is 12.2 Å². The molecule has 8 heteroatoms. The van der Waals surface area contributed by atoms with Gasteiger partial charge < -0.3 is 10.2 Å². The van der Waals surface area contributed by atoms with Gasteiger partial charge in [0.15, 0.2) is 0 Å². The van der Waals surface area contributed by atoms with Crippen molar-refractivity contribution in [3.8, 4) is 0 Å². The van der Waals surface area contributed by atoms with Gasteiger partial charge in [-0.05, 0) is 56.0 Å². The largest absolute Gasteiger partial charge is 0.334 e. The van der Waals surface area contributed by atoms with E-state index in [1.807, 2.05) is 19.3 Å². The molecule has 1 atom stereocenters. The van der Waals surface area contributed by atoms with Crippen LogP contribution in [0.5, 0.6) is 0 Å². The summed E-state index contributed by atoms with van der Waals surface area (Å²) in [7, 11) is 3.64. The lowest BCUT2D eigenvalue weighted by molar-refractivity contribution is -0.131. The summed E-state index contributed by atoms with van der Waals surface area (Å²) >= 11 is 0. The Morgan fingerprint density at radius 1 is 1.32 bits per heavy atom. The first-order chi connectivity index (χ1) is 12.5. The topological polar surface area (TPSA) is 50.2 Å². The van der Waals surface area contributed by atoms with Crippen molar-refractivity contribution in [2.75, 3.05) is 20.1 Å². The number of benzene rings is 1. The third-order valence-corrected chi connectivity index (χ3v) is 5.21. The van der Waals surface area contributed by atoms with E-state index in [9.17, 15) is 9.18 Å². The number of aryl methyl sites for hydroxylation is 1. The summed E-state index contributed by atoms with van der Waals surface area (Å²) < 4.78 is 15.5. The molecule has 0 saturated carbocycles. The zero-order valence-electron chi connectivity index (χ0n) is 16.3. The summed E-state index contributed by atoms with van der Waals surface area (Å²) in [5.74, 6) is 0.396. The molecule has 1 aromatic heterocycles. The third kappa shape index (κ3) is 6.19. The van der Waals surface area contributed by atoms with Gasteiger partial charge in [-0.25, -0.2) is 4.39 Å². The summed E-state index contributed by atoms with van der Waals surface area (Å²) in [4.78, 5) is 14.6. The molecular formula is C20H29Cl2FN4O. The highest BCUT2D eigenvalue weighted by molar-refractivity contribution is 5.85. The van der Waals surface area contributed by atoms with Crippen molar-refractivity contribution < 1.29 is 9.18 Å². The molecule has 1 aliphatic heterocycles. The average molecular weight is 431 g/mol. The van der Waals surface area contributed by atoms with Gasteiger partial charge in [0.1, 0.15) is 5.82 Å². The van der Waals surface area contributed by atoms with E-state index in [0.717, 1.165) is 43.5 Å². The Labute approximate surface area is 178 Å². The van der Waals surface area contributed by atoms with Crippen LogP contribution in [0.15, 0.2) is 36.7 Å². The van der Waals surface area contributed by atoms with E-state index >= 15 is 0 Å². The van der Waals surface area contributed by atoms with Crippen molar-refractivity contribution in [2.45, 2.75) is 31.7 Å². The molecule has 5 nitrogen and oxygen atoms in total. The predicted molar refractivity (Wildman–Crippen MR) is 114 cm³/mol. The van der Waals surface area contributed by atoms with Gasteiger partial charge in [0.25, 0.3) is 0 Å². The fourth-order valence-electron chi connectivity index (χ4n) is 3.72. The smallest absolute Gasteiger partial charge is 0.223 e. The number of rotatable bonds is 6. The normalized spacial score (nSPS) is 15.2. The highest BCUT2D eigenvalue weighted by Gasteiger charge is 2.26. The van der Waals surface area contributed by atoms with Crippen molar-refractivity contribution in [3.63, 3.8) is 0 Å². The summed E-state index contributed by atoms with van der Waals surface area (Å²) in [5, 5.41) is 7.58. The molecule has 1 N–H and O–H groups in total. The molecule has 0 bridgehead atoms. The molecule has 1 amide bonds. The van der Waals surface area contributed by atoms with Crippen LogP contribution in [0.2, 0.25) is 0 Å². The lowest BCUT2D eigenvalue weighted by Crippen LogP contribution is -2.33. The number of piperidine rings is 1. The summed E-state index contributed by atoms with van der Waals surface area (Å²) in [6.07, 6.45) is 7.32. The second-order valence-electron chi connectivity index (χ2n) is 7.14. The van der Waals surface area contributed by atoms with Crippen LogP contribution >= 0.6 is 24.8 Å². The predicted octanol–water partition coefficient (Wildman–Crippen LogP) is 3.73. The minimum Gasteiger partial charge on any atom is -0.334 e. The molecule has 0 aliphatic carbocycles. The Morgan fingerprint density at radius 2 is 2.04 bits per heavy atom. The van der Waals surface area contributed by atoms with Gasteiger partial charge in [-0.15, -0.1) is 24.8 Å². The van der Waals surface area contributed by atoms with E-state index in [1.54, 1.807) is 28.9 Å². The van der Waals surface area contributed by atoms with Crippen molar-refractivity contribution in [1.29, 1.82) is 0 Å². The first-order valence-corrected chi connectivity index (χ1v) is 9.25. The number of carbonyl (C=O) groups is 1. The lowest BCUT2D eigenvalue weighted by atomic mass is 9.92. The summed E-state index contributed by atoms with van der Waals surface area (Å²) in [5.41, 5.74) is 1.64. The third-order valence-electron chi connectivity index (χ3n) is 5.21. The van der Waals surface area contributed by atoms with Crippen molar-refractivity contribution in [3.05, 3.63) is 53.6 Å². The zero-order valence-corrected chi connectivity index (χ0v) is 17.9. The summed E-state index contributed by atoms with van der Waals surface area (Å²) in [6.45, 7) is 2.08. The number of nitrogens with one attached hydrogen (secondary N) is 1. The van der Waals surface area contributed by atoms with E-state index in [1.165, 1.54) is 12.1 Å². The molecule has 0 radical (unpaired) electrons.